The van der Waals surface area contributed by atoms with Gasteiger partial charge in [0, 0.05) is 27.4 Å². The van der Waals surface area contributed by atoms with Crippen LogP contribution in [0.5, 0.6) is 0 Å². The molecule has 4 fully saturated rings. The molecule has 9 rings (SSSR count). The van der Waals surface area contributed by atoms with Crippen LogP contribution in [0.2, 0.25) is 0 Å². The van der Waals surface area contributed by atoms with Gasteiger partial charge in [-0.1, -0.05) is 76.6 Å². The standard InChI is InChI=1S/C35H32BrN3O2/c36-26-11-12-28-27(16-26)31(25-9-5-2-6-10-25)32(33(40)37-28)29-17-30(24-7-3-1-4-8-24)39(38-29)34(41)35-18-21-13-22(19-35)15-23(14-21)20-35/h1-12,16,21-23,30H,13-15,17-20H2,(H,37,40). The summed E-state index contributed by atoms with van der Waals surface area (Å²) in [5, 5.41) is 7.86. The molecule has 2 heterocycles. The normalized spacial score (nSPS) is 28.3. The Balaban J connectivity index is 1.30. The van der Waals surface area contributed by atoms with E-state index < -0.39 is 0 Å². The highest BCUT2D eigenvalue weighted by Gasteiger charge is 2.57. The van der Waals surface area contributed by atoms with Crippen molar-refractivity contribution >= 4 is 38.5 Å². The van der Waals surface area contributed by atoms with E-state index in [0.717, 1.165) is 51.3 Å². The molecule has 0 saturated heterocycles. The lowest BCUT2D eigenvalue weighted by molar-refractivity contribution is -0.159. The molecule has 1 unspecified atom stereocenters. The first-order chi connectivity index (χ1) is 20.0. The molecule has 1 aromatic heterocycles. The van der Waals surface area contributed by atoms with E-state index in [1.165, 1.54) is 19.3 Å². The smallest absolute Gasteiger partial charge is 0.258 e. The Kier molecular flexibility index (Phi) is 5.85. The Bertz CT molecular complexity index is 1730. The number of H-pyrrole nitrogens is 1. The Hall–Kier alpha value is -3.51. The van der Waals surface area contributed by atoms with Crippen molar-refractivity contribution in [2.24, 2.45) is 28.3 Å². The lowest BCUT2D eigenvalue weighted by Crippen LogP contribution is -2.53. The van der Waals surface area contributed by atoms with Gasteiger partial charge in [-0.15, -0.1) is 0 Å². The summed E-state index contributed by atoms with van der Waals surface area (Å²) in [6.07, 6.45) is 7.31. The monoisotopic (exact) mass is 605 g/mol. The van der Waals surface area contributed by atoms with Crippen molar-refractivity contribution in [3.63, 3.8) is 0 Å². The van der Waals surface area contributed by atoms with Gasteiger partial charge >= 0.3 is 0 Å². The van der Waals surface area contributed by atoms with Gasteiger partial charge in [-0.2, -0.15) is 5.10 Å². The fraction of sp³-hybridized carbons (Fsp3) is 0.343. The Morgan fingerprint density at radius 1 is 0.854 bits per heavy atom. The van der Waals surface area contributed by atoms with Gasteiger partial charge in [-0.05, 0) is 85.6 Å². The van der Waals surface area contributed by atoms with E-state index in [9.17, 15) is 9.59 Å². The lowest BCUT2D eigenvalue weighted by Gasteiger charge is -2.56. The van der Waals surface area contributed by atoms with E-state index in [-0.39, 0.29) is 22.9 Å². The minimum absolute atomic E-state index is 0.168. The predicted molar refractivity (Wildman–Crippen MR) is 165 cm³/mol. The molecule has 1 atom stereocenters. The van der Waals surface area contributed by atoms with Crippen molar-refractivity contribution in [2.75, 3.05) is 0 Å². The van der Waals surface area contributed by atoms with Crippen LogP contribution in [0.25, 0.3) is 22.0 Å². The highest BCUT2D eigenvalue weighted by molar-refractivity contribution is 9.10. The van der Waals surface area contributed by atoms with Gasteiger partial charge in [-0.3, -0.25) is 9.59 Å². The number of nitrogens with one attached hydrogen (secondary N) is 1. The number of carbonyl (C=O) groups is 1. The van der Waals surface area contributed by atoms with Crippen LogP contribution in [0.4, 0.5) is 0 Å². The van der Waals surface area contributed by atoms with Crippen LogP contribution in [0, 0.1) is 23.2 Å². The molecule has 41 heavy (non-hydrogen) atoms. The number of amides is 1. The Labute approximate surface area is 247 Å². The molecule has 1 aliphatic heterocycles. The van der Waals surface area contributed by atoms with Crippen LogP contribution >= 0.6 is 15.9 Å². The fourth-order valence-electron chi connectivity index (χ4n) is 8.84. The summed E-state index contributed by atoms with van der Waals surface area (Å²) in [5.41, 5.74) is 4.41. The van der Waals surface area contributed by atoms with Crippen molar-refractivity contribution in [1.82, 2.24) is 9.99 Å². The first-order valence-corrected chi connectivity index (χ1v) is 15.6. The number of benzene rings is 3. The van der Waals surface area contributed by atoms with Gasteiger partial charge < -0.3 is 4.98 Å². The number of halogens is 1. The minimum Gasteiger partial charge on any atom is -0.321 e. The number of carbonyl (C=O) groups excluding carboxylic acids is 1. The van der Waals surface area contributed by atoms with Gasteiger partial charge in [0.2, 0.25) is 5.91 Å². The van der Waals surface area contributed by atoms with Crippen molar-refractivity contribution in [2.45, 2.75) is 51.0 Å². The molecule has 1 N–H and O–H groups in total. The highest BCUT2D eigenvalue weighted by atomic mass is 79.9. The maximum Gasteiger partial charge on any atom is 0.258 e. The summed E-state index contributed by atoms with van der Waals surface area (Å²) >= 11 is 3.64. The summed E-state index contributed by atoms with van der Waals surface area (Å²) in [6, 6.07) is 26.0. The number of pyridine rings is 1. The average molecular weight is 607 g/mol. The molecule has 4 aromatic rings. The molecule has 4 saturated carbocycles. The number of nitrogens with zero attached hydrogens (tertiary/aromatic N) is 2. The highest BCUT2D eigenvalue weighted by Crippen LogP contribution is 2.61. The maximum atomic E-state index is 14.7. The molecule has 5 aliphatic rings. The van der Waals surface area contributed by atoms with Crippen molar-refractivity contribution in [3.05, 3.63) is 105 Å². The number of aromatic nitrogens is 1. The van der Waals surface area contributed by atoms with Crippen LogP contribution in [0.3, 0.4) is 0 Å². The Morgan fingerprint density at radius 2 is 1.49 bits per heavy atom. The molecular weight excluding hydrogens is 574 g/mol. The first-order valence-electron chi connectivity index (χ1n) is 14.8. The second kappa shape index (κ2) is 9.52. The van der Waals surface area contributed by atoms with E-state index in [1.54, 1.807) is 5.01 Å². The first kappa shape index (κ1) is 25.2. The zero-order valence-corrected chi connectivity index (χ0v) is 24.4. The zero-order chi connectivity index (χ0) is 27.7. The molecule has 6 heteroatoms. The largest absolute Gasteiger partial charge is 0.321 e. The zero-order valence-electron chi connectivity index (χ0n) is 22.9. The molecule has 5 nitrogen and oxygen atoms in total. The molecule has 4 bridgehead atoms. The van der Waals surface area contributed by atoms with Crippen LogP contribution in [0.1, 0.15) is 62.1 Å². The summed E-state index contributed by atoms with van der Waals surface area (Å²) in [4.78, 5) is 31.7. The van der Waals surface area contributed by atoms with Crippen LogP contribution < -0.4 is 5.56 Å². The van der Waals surface area contributed by atoms with Gasteiger partial charge in [-0.25, -0.2) is 5.01 Å². The molecule has 3 aromatic carbocycles. The summed E-state index contributed by atoms with van der Waals surface area (Å²) in [5.74, 6) is 2.16. The quantitative estimate of drug-likeness (QED) is 0.257. The molecule has 206 valence electrons. The number of hydrogen-bond acceptors (Lipinski definition) is 3. The third-order valence-electron chi connectivity index (χ3n) is 10.1. The third kappa shape index (κ3) is 4.13. The number of rotatable bonds is 4. The number of hydrazone groups is 1. The van der Waals surface area contributed by atoms with E-state index in [4.69, 9.17) is 5.10 Å². The van der Waals surface area contributed by atoms with E-state index in [1.807, 2.05) is 60.7 Å². The lowest BCUT2D eigenvalue weighted by atomic mass is 9.49. The van der Waals surface area contributed by atoms with Crippen LogP contribution in [-0.2, 0) is 4.79 Å². The van der Waals surface area contributed by atoms with E-state index in [0.29, 0.717) is 35.4 Å². The van der Waals surface area contributed by atoms with Crippen LogP contribution in [0.15, 0.2) is 93.2 Å². The predicted octanol–water partition coefficient (Wildman–Crippen LogP) is 7.85. The minimum atomic E-state index is -0.316. The topological polar surface area (TPSA) is 65.5 Å². The van der Waals surface area contributed by atoms with Crippen molar-refractivity contribution in [1.29, 1.82) is 0 Å². The van der Waals surface area contributed by atoms with E-state index >= 15 is 0 Å². The molecule has 0 radical (unpaired) electrons. The summed E-state index contributed by atoms with van der Waals surface area (Å²) in [6.45, 7) is 0. The van der Waals surface area contributed by atoms with Gasteiger partial charge in [0.25, 0.3) is 5.56 Å². The fourth-order valence-corrected chi connectivity index (χ4v) is 9.21. The third-order valence-corrected chi connectivity index (χ3v) is 10.6. The SMILES string of the molecule is O=C(N1N=C(c2c(-c3ccccc3)c3cc(Br)ccc3[nH]c2=O)CC1c1ccccc1)C12CC3CC(CC(C3)C1)C2. The number of fused-ring (bicyclic) bond motifs is 1. The van der Waals surface area contributed by atoms with Crippen molar-refractivity contribution in [3.8, 4) is 11.1 Å². The second-order valence-corrected chi connectivity index (χ2v) is 13.7. The number of aromatic amines is 1. The second-order valence-electron chi connectivity index (χ2n) is 12.8. The molecular formula is C35H32BrN3O2. The Morgan fingerprint density at radius 3 is 2.15 bits per heavy atom. The van der Waals surface area contributed by atoms with Gasteiger partial charge in [0.1, 0.15) is 0 Å². The summed E-state index contributed by atoms with van der Waals surface area (Å²) < 4.78 is 0.939. The maximum absolute atomic E-state index is 14.7. The molecule has 0 spiro atoms. The van der Waals surface area contributed by atoms with Crippen molar-refractivity contribution < 1.29 is 4.79 Å². The molecule has 4 aliphatic carbocycles. The summed E-state index contributed by atoms with van der Waals surface area (Å²) in [7, 11) is 0. The van der Waals surface area contributed by atoms with Gasteiger partial charge in [0.05, 0.1) is 22.7 Å². The average Bonchev–Trinajstić information content (AvgIpc) is 3.41. The van der Waals surface area contributed by atoms with E-state index in [2.05, 4.69) is 39.1 Å². The molecule has 1 amide bonds. The number of hydrogen-bond donors (Lipinski definition) is 1. The van der Waals surface area contributed by atoms with Crippen LogP contribution in [-0.4, -0.2) is 21.6 Å². The van der Waals surface area contributed by atoms with Gasteiger partial charge in [0.15, 0.2) is 0 Å².